The summed E-state index contributed by atoms with van der Waals surface area (Å²) in [6, 6.07) is 23.7. The lowest BCUT2D eigenvalue weighted by Gasteiger charge is -1.95. The molecule has 16 bridgehead atoms. The molecule has 8 nitrogen and oxygen atoms in total. The monoisotopic (exact) mass is 714 g/mol. The minimum absolute atomic E-state index is 0.656. The smallest absolute Gasteiger partial charge is 0.0816 e. The molecule has 6 aromatic rings. The Morgan fingerprint density at radius 2 is 0.643 bits per heavy atom. The first-order valence-electron chi connectivity index (χ1n) is 17.7. The van der Waals surface area contributed by atoms with Crippen molar-refractivity contribution in [3.63, 3.8) is 0 Å². The molecule has 0 aliphatic carbocycles. The summed E-state index contributed by atoms with van der Waals surface area (Å²) in [4.78, 5) is 33.4. The van der Waals surface area contributed by atoms with Gasteiger partial charge >= 0.3 is 0 Å². The van der Waals surface area contributed by atoms with E-state index in [2.05, 4.69) is 55.5 Å². The number of aromatic amines is 4. The predicted molar refractivity (Wildman–Crippen MR) is 227 cm³/mol. The van der Waals surface area contributed by atoms with E-state index in [1.165, 1.54) is 0 Å². The fraction of sp³-hybridized carbons (Fsp3) is 0. The molecule has 0 saturated heterocycles. The van der Waals surface area contributed by atoms with Crippen molar-refractivity contribution in [3.05, 3.63) is 141 Å². The van der Waals surface area contributed by atoms with Gasteiger partial charge in [0.2, 0.25) is 0 Å². The van der Waals surface area contributed by atoms with Crippen LogP contribution in [0.1, 0.15) is 67.8 Å². The maximum Gasteiger partial charge on any atom is 0.0816 e. The first-order valence-corrected chi connectivity index (χ1v) is 17.7. The van der Waals surface area contributed by atoms with Gasteiger partial charge in [0.25, 0.3) is 0 Å². The molecule has 0 unspecified atom stereocenters. The van der Waals surface area contributed by atoms with Crippen molar-refractivity contribution in [2.45, 2.75) is 0 Å². The fourth-order valence-electron chi connectivity index (χ4n) is 6.90. The van der Waals surface area contributed by atoms with E-state index in [1.807, 2.05) is 121 Å². The van der Waals surface area contributed by atoms with Crippen LogP contribution in [-0.2, 0) is 0 Å². The lowest BCUT2D eigenvalue weighted by atomic mass is 10.1. The van der Waals surface area contributed by atoms with Gasteiger partial charge in [0.15, 0.2) is 0 Å². The summed E-state index contributed by atoms with van der Waals surface area (Å²) in [6.07, 6.45) is 27.5. The van der Waals surface area contributed by atoms with Crippen molar-refractivity contribution in [1.29, 1.82) is 0 Å². The zero-order valence-electron chi connectivity index (χ0n) is 29.5. The largest absolute Gasteiger partial charge is 0.354 e. The van der Waals surface area contributed by atoms with Gasteiger partial charge in [0.1, 0.15) is 0 Å². The average Bonchev–Trinajstić information content (AvgIpc) is 4.02. The SMILES string of the molecule is C#Cc1c2ccc(cc3nc(c(C#CC#Cc4c5nc(cc6ccc([nH]6)c(C#C)c6ccc(cc7nc4C=C7)[nH]6)C=C5)c4nc(cc5ccc1[nH]5)C=C4)C=C3)[nH]2. The third-order valence-corrected chi connectivity index (χ3v) is 9.52. The minimum Gasteiger partial charge on any atom is -0.354 e. The normalized spacial score (nSPS) is 12.0. The fourth-order valence-corrected chi connectivity index (χ4v) is 6.90. The van der Waals surface area contributed by atoms with Crippen LogP contribution in [0.2, 0.25) is 0 Å². The van der Waals surface area contributed by atoms with Crippen LogP contribution in [0, 0.1) is 48.4 Å². The molecule has 4 N–H and O–H groups in total. The average molecular weight is 715 g/mol. The molecule has 4 aliphatic rings. The molecule has 56 heavy (non-hydrogen) atoms. The maximum absolute atomic E-state index is 5.94. The van der Waals surface area contributed by atoms with Crippen LogP contribution < -0.4 is 0 Å². The van der Waals surface area contributed by atoms with Gasteiger partial charge in [-0.15, -0.1) is 12.8 Å². The number of aromatic nitrogens is 8. The number of H-pyrrole nitrogens is 4. The molecule has 0 fully saturated rings. The molecular formula is C48H26N8. The Morgan fingerprint density at radius 1 is 0.357 bits per heavy atom. The van der Waals surface area contributed by atoms with Crippen LogP contribution in [-0.4, -0.2) is 39.9 Å². The zero-order valence-corrected chi connectivity index (χ0v) is 29.5. The lowest BCUT2D eigenvalue weighted by molar-refractivity contribution is 1.26. The number of rotatable bonds is 0. The lowest BCUT2D eigenvalue weighted by Crippen LogP contribution is -1.89. The second-order valence-electron chi connectivity index (χ2n) is 13.2. The van der Waals surface area contributed by atoms with E-state index in [4.69, 9.17) is 32.8 Å². The molecule has 258 valence electrons. The molecule has 10 heterocycles. The van der Waals surface area contributed by atoms with E-state index in [0.717, 1.165) is 78.0 Å². The number of nitrogens with zero attached hydrogens (tertiary/aromatic N) is 4. The quantitative estimate of drug-likeness (QED) is 0.117. The van der Waals surface area contributed by atoms with Gasteiger partial charge in [-0.3, -0.25) is 0 Å². The van der Waals surface area contributed by atoms with E-state index in [9.17, 15) is 0 Å². The van der Waals surface area contributed by atoms with E-state index in [1.54, 1.807) is 0 Å². The van der Waals surface area contributed by atoms with Gasteiger partial charge in [-0.05, 0) is 145 Å². The van der Waals surface area contributed by atoms with E-state index in [-0.39, 0.29) is 0 Å². The van der Waals surface area contributed by atoms with Gasteiger partial charge in [-0.1, -0.05) is 11.8 Å². The number of hydrogen-bond acceptors (Lipinski definition) is 4. The highest BCUT2D eigenvalue weighted by Crippen LogP contribution is 2.25. The third kappa shape index (κ3) is 5.99. The Labute approximate surface area is 320 Å². The van der Waals surface area contributed by atoms with E-state index >= 15 is 0 Å². The summed E-state index contributed by atoms with van der Waals surface area (Å²) in [5, 5.41) is 0. The van der Waals surface area contributed by atoms with Crippen molar-refractivity contribution < 1.29 is 0 Å². The predicted octanol–water partition coefficient (Wildman–Crippen LogP) is 8.99. The Morgan fingerprint density at radius 3 is 0.911 bits per heavy atom. The first kappa shape index (κ1) is 32.1. The van der Waals surface area contributed by atoms with Crippen LogP contribution in [0.25, 0.3) is 92.7 Å². The molecule has 8 heteroatoms. The highest BCUT2D eigenvalue weighted by molar-refractivity contribution is 5.85. The third-order valence-electron chi connectivity index (χ3n) is 9.52. The maximum atomic E-state index is 5.94. The summed E-state index contributed by atoms with van der Waals surface area (Å²) < 4.78 is 0. The summed E-state index contributed by atoms with van der Waals surface area (Å²) in [7, 11) is 0. The van der Waals surface area contributed by atoms with E-state index in [0.29, 0.717) is 33.9 Å². The molecule has 0 amide bonds. The van der Waals surface area contributed by atoms with Crippen LogP contribution in [0.4, 0.5) is 0 Å². The van der Waals surface area contributed by atoms with Gasteiger partial charge in [0, 0.05) is 22.1 Å². The molecule has 0 spiro atoms. The Bertz CT molecular complexity index is 2990. The second-order valence-corrected chi connectivity index (χ2v) is 13.2. The van der Waals surface area contributed by atoms with Crippen LogP contribution >= 0.6 is 0 Å². The highest BCUT2D eigenvalue weighted by atomic mass is 14.8. The number of hydrogen-bond donors (Lipinski definition) is 4. The van der Waals surface area contributed by atoms with Gasteiger partial charge in [0.05, 0.1) is 89.9 Å². The molecular weight excluding hydrogens is 689 g/mol. The Kier molecular flexibility index (Phi) is 7.53. The minimum atomic E-state index is 0.656. The summed E-state index contributed by atoms with van der Waals surface area (Å²) >= 11 is 0. The molecule has 0 radical (unpaired) electrons. The summed E-state index contributed by atoms with van der Waals surface area (Å²) in [5.74, 6) is 18.4. The molecule has 6 aromatic heterocycles. The van der Waals surface area contributed by atoms with Crippen molar-refractivity contribution in [2.75, 3.05) is 0 Å². The van der Waals surface area contributed by atoms with Crippen molar-refractivity contribution >= 4 is 92.7 Å². The number of nitrogens with one attached hydrogen (secondary N) is 4. The van der Waals surface area contributed by atoms with Crippen LogP contribution in [0.5, 0.6) is 0 Å². The number of fused-ring (bicyclic) bond motifs is 16. The molecule has 0 saturated carbocycles. The van der Waals surface area contributed by atoms with Crippen molar-refractivity contribution in [3.8, 4) is 48.4 Å². The van der Waals surface area contributed by atoms with Crippen molar-refractivity contribution in [2.24, 2.45) is 0 Å². The molecule has 0 atom stereocenters. The van der Waals surface area contributed by atoms with Crippen LogP contribution in [0.15, 0.2) is 72.8 Å². The zero-order chi connectivity index (χ0) is 37.6. The van der Waals surface area contributed by atoms with Gasteiger partial charge in [-0.2, -0.15) is 0 Å². The second kappa shape index (κ2) is 13.1. The van der Waals surface area contributed by atoms with E-state index < -0.39 is 0 Å². The first-order chi connectivity index (χ1) is 27.5. The van der Waals surface area contributed by atoms with Gasteiger partial charge in [-0.25, -0.2) is 19.9 Å². The highest BCUT2D eigenvalue weighted by Gasteiger charge is 2.13. The Balaban J connectivity index is 1.14. The Hall–Kier alpha value is -8.56. The number of terminal acetylenes is 2. The van der Waals surface area contributed by atoms with Crippen LogP contribution in [0.3, 0.4) is 0 Å². The topological polar surface area (TPSA) is 115 Å². The van der Waals surface area contributed by atoms with Crippen molar-refractivity contribution in [1.82, 2.24) is 39.9 Å². The molecule has 10 rings (SSSR count). The molecule has 4 aliphatic heterocycles. The standard InChI is InChI=1S/C48H26N8/c1-3-37-41-17-9-29(49-41)25-33-13-21-45(53-33)39(46-22-14-34(54-46)26-30-10-18-42(37)50-30)7-5-6-8-40-47-23-15-35(55-47)27-31-11-19-43(51-31)38(4-2)44-20-12-32(52-44)28-36-16-24-48(40)56-36/h1-2,9-28,49-52H. The summed E-state index contributed by atoms with van der Waals surface area (Å²) in [5.41, 5.74) is 15.4. The molecule has 0 aromatic carbocycles. The summed E-state index contributed by atoms with van der Waals surface area (Å²) in [6.45, 7) is 0. The van der Waals surface area contributed by atoms with Gasteiger partial charge < -0.3 is 19.9 Å².